The number of hydrogen-bond acceptors (Lipinski definition) is 4. The normalized spacial score (nSPS) is 17.3. The smallest absolute Gasteiger partial charge is 0.265 e. The third-order valence-corrected chi connectivity index (χ3v) is 6.26. The molecule has 3 heterocycles. The molecule has 0 radical (unpaired) electrons. The van der Waals surface area contributed by atoms with E-state index in [9.17, 15) is 4.79 Å². The summed E-state index contributed by atoms with van der Waals surface area (Å²) in [5.41, 5.74) is 4.52. The summed E-state index contributed by atoms with van der Waals surface area (Å²) in [5.74, 6) is 0.421. The van der Waals surface area contributed by atoms with E-state index >= 15 is 0 Å². The monoisotopic (exact) mass is 380 g/mol. The first-order valence-electron chi connectivity index (χ1n) is 9.41. The lowest BCUT2D eigenvalue weighted by molar-refractivity contribution is 0.0709. The van der Waals surface area contributed by atoms with Crippen molar-refractivity contribution in [2.75, 3.05) is 13.1 Å². The minimum atomic E-state index is 0.118. The molecule has 1 aromatic carbocycles. The number of carbonyl (C=O) groups is 1. The zero-order chi connectivity index (χ0) is 18.8. The van der Waals surface area contributed by atoms with E-state index in [1.807, 2.05) is 31.0 Å². The molecular formula is C21H24N4OS. The Morgan fingerprint density at radius 2 is 2.11 bits per heavy atom. The number of aromatic amines is 1. The van der Waals surface area contributed by atoms with Gasteiger partial charge in [-0.15, -0.1) is 11.3 Å². The van der Waals surface area contributed by atoms with Gasteiger partial charge in [-0.05, 0) is 37.8 Å². The third-order valence-electron chi connectivity index (χ3n) is 5.20. The van der Waals surface area contributed by atoms with Crippen LogP contribution in [0, 0.1) is 13.8 Å². The molecule has 0 bridgehead atoms. The fourth-order valence-electron chi connectivity index (χ4n) is 3.90. The molecule has 6 heteroatoms. The Hall–Kier alpha value is -2.47. The van der Waals surface area contributed by atoms with E-state index in [1.165, 1.54) is 28.2 Å². The van der Waals surface area contributed by atoms with Gasteiger partial charge in [0.1, 0.15) is 4.88 Å². The number of likely N-dealkylation sites (tertiary alicyclic amines) is 1. The van der Waals surface area contributed by atoms with Gasteiger partial charge in [-0.2, -0.15) is 5.10 Å². The van der Waals surface area contributed by atoms with Gasteiger partial charge in [0.15, 0.2) is 0 Å². The van der Waals surface area contributed by atoms with Crippen LogP contribution in [0.15, 0.2) is 36.5 Å². The Morgan fingerprint density at radius 3 is 2.85 bits per heavy atom. The predicted molar refractivity (Wildman–Crippen MR) is 107 cm³/mol. The van der Waals surface area contributed by atoms with Gasteiger partial charge in [-0.25, -0.2) is 4.98 Å². The molecule has 1 aliphatic heterocycles. The number of nitrogens with one attached hydrogen (secondary N) is 1. The maximum atomic E-state index is 13.0. The summed E-state index contributed by atoms with van der Waals surface area (Å²) in [6.45, 7) is 5.42. The second-order valence-corrected chi connectivity index (χ2v) is 8.41. The number of piperidine rings is 1. The molecule has 1 N–H and O–H groups in total. The number of aromatic nitrogens is 3. The van der Waals surface area contributed by atoms with Crippen molar-refractivity contribution in [3.63, 3.8) is 0 Å². The number of rotatable bonds is 4. The quantitative estimate of drug-likeness (QED) is 0.741. The highest BCUT2D eigenvalue weighted by molar-refractivity contribution is 7.13. The summed E-state index contributed by atoms with van der Waals surface area (Å²) in [6.07, 6.45) is 4.88. The first kappa shape index (κ1) is 17.9. The van der Waals surface area contributed by atoms with E-state index in [4.69, 9.17) is 0 Å². The first-order chi connectivity index (χ1) is 13.1. The van der Waals surface area contributed by atoms with Crippen molar-refractivity contribution in [2.45, 2.75) is 39.0 Å². The van der Waals surface area contributed by atoms with Crippen LogP contribution in [0.3, 0.4) is 0 Å². The molecule has 140 valence electrons. The number of carbonyl (C=O) groups excluding carboxylic acids is 1. The Kier molecular flexibility index (Phi) is 5.07. The lowest BCUT2D eigenvalue weighted by atomic mass is 9.90. The van der Waals surface area contributed by atoms with Crippen molar-refractivity contribution in [1.29, 1.82) is 0 Å². The Labute approximate surface area is 163 Å². The zero-order valence-electron chi connectivity index (χ0n) is 15.7. The number of H-pyrrole nitrogens is 1. The van der Waals surface area contributed by atoms with Crippen LogP contribution in [-0.2, 0) is 6.42 Å². The lowest BCUT2D eigenvalue weighted by Crippen LogP contribution is -2.39. The maximum absolute atomic E-state index is 13.0. The largest absolute Gasteiger partial charge is 0.337 e. The van der Waals surface area contributed by atoms with Crippen LogP contribution < -0.4 is 0 Å². The number of benzene rings is 1. The third kappa shape index (κ3) is 3.81. The van der Waals surface area contributed by atoms with Crippen LogP contribution in [-0.4, -0.2) is 39.1 Å². The molecule has 2 aromatic heterocycles. The van der Waals surface area contributed by atoms with Gasteiger partial charge in [-0.1, -0.05) is 30.3 Å². The summed E-state index contributed by atoms with van der Waals surface area (Å²) < 4.78 is 0. The molecule has 1 aliphatic rings. The molecule has 0 spiro atoms. The SMILES string of the molecule is Cc1nc(C)c(C(=O)N2CCCC(c3[nH]ncc3Cc3ccccc3)C2)s1. The van der Waals surface area contributed by atoms with Crippen LogP contribution in [0.25, 0.3) is 0 Å². The van der Waals surface area contributed by atoms with Crippen LogP contribution in [0.1, 0.15) is 56.0 Å². The second-order valence-electron chi connectivity index (χ2n) is 7.21. The summed E-state index contributed by atoms with van der Waals surface area (Å²) in [7, 11) is 0. The van der Waals surface area contributed by atoms with Gasteiger partial charge in [0.05, 0.1) is 16.9 Å². The van der Waals surface area contributed by atoms with Crippen molar-refractivity contribution in [3.8, 4) is 0 Å². The van der Waals surface area contributed by atoms with Crippen molar-refractivity contribution in [1.82, 2.24) is 20.1 Å². The van der Waals surface area contributed by atoms with E-state index in [2.05, 4.69) is 39.4 Å². The summed E-state index contributed by atoms with van der Waals surface area (Å²) in [5, 5.41) is 8.46. The summed E-state index contributed by atoms with van der Waals surface area (Å²) in [6, 6.07) is 10.4. The average Bonchev–Trinajstić information content (AvgIpc) is 3.28. The van der Waals surface area contributed by atoms with E-state index in [-0.39, 0.29) is 5.91 Å². The topological polar surface area (TPSA) is 61.9 Å². The Balaban J connectivity index is 1.51. The number of nitrogens with zero attached hydrogens (tertiary/aromatic N) is 3. The van der Waals surface area contributed by atoms with Gasteiger partial charge in [0.2, 0.25) is 0 Å². The number of thiazole rings is 1. The molecule has 1 amide bonds. The highest BCUT2D eigenvalue weighted by Crippen LogP contribution is 2.30. The van der Waals surface area contributed by atoms with Crippen molar-refractivity contribution in [3.05, 3.63) is 68.9 Å². The molecule has 1 unspecified atom stereocenters. The summed E-state index contributed by atoms with van der Waals surface area (Å²) in [4.78, 5) is 20.2. The highest BCUT2D eigenvalue weighted by atomic mass is 32.1. The Morgan fingerprint density at radius 1 is 1.30 bits per heavy atom. The van der Waals surface area contributed by atoms with Crippen LogP contribution in [0.5, 0.6) is 0 Å². The summed E-state index contributed by atoms with van der Waals surface area (Å²) >= 11 is 1.50. The van der Waals surface area contributed by atoms with E-state index in [1.54, 1.807) is 0 Å². The van der Waals surface area contributed by atoms with Crippen LogP contribution in [0.2, 0.25) is 0 Å². The van der Waals surface area contributed by atoms with Gasteiger partial charge >= 0.3 is 0 Å². The minimum absolute atomic E-state index is 0.118. The molecule has 0 aliphatic carbocycles. The molecule has 1 fully saturated rings. The van der Waals surface area contributed by atoms with Crippen molar-refractivity contribution >= 4 is 17.2 Å². The number of aryl methyl sites for hydroxylation is 2. The fourth-order valence-corrected chi connectivity index (χ4v) is 4.79. The number of hydrogen-bond donors (Lipinski definition) is 1. The lowest BCUT2D eigenvalue weighted by Gasteiger charge is -2.32. The van der Waals surface area contributed by atoms with E-state index in [0.29, 0.717) is 5.92 Å². The van der Waals surface area contributed by atoms with Gasteiger partial charge in [0, 0.05) is 31.1 Å². The van der Waals surface area contributed by atoms with E-state index < -0.39 is 0 Å². The Bertz CT molecular complexity index is 931. The van der Waals surface area contributed by atoms with Crippen molar-refractivity contribution in [2.24, 2.45) is 0 Å². The van der Waals surface area contributed by atoms with Gasteiger partial charge in [-0.3, -0.25) is 9.89 Å². The van der Waals surface area contributed by atoms with Crippen LogP contribution >= 0.6 is 11.3 Å². The zero-order valence-corrected chi connectivity index (χ0v) is 16.6. The van der Waals surface area contributed by atoms with E-state index in [0.717, 1.165) is 47.9 Å². The van der Waals surface area contributed by atoms with Gasteiger partial charge in [0.25, 0.3) is 5.91 Å². The second kappa shape index (κ2) is 7.64. The standard InChI is InChI=1S/C21H24N4OS/c1-14-20(27-15(2)23-14)21(26)25-10-6-9-17(13-25)19-18(12-22-24-19)11-16-7-4-3-5-8-16/h3-5,7-8,12,17H,6,9-11,13H2,1-2H3,(H,22,24). The van der Waals surface area contributed by atoms with Crippen LogP contribution in [0.4, 0.5) is 0 Å². The number of amides is 1. The molecule has 4 rings (SSSR count). The molecular weight excluding hydrogens is 356 g/mol. The fraction of sp³-hybridized carbons (Fsp3) is 0.381. The molecule has 1 saturated heterocycles. The van der Waals surface area contributed by atoms with Gasteiger partial charge < -0.3 is 4.90 Å². The molecule has 27 heavy (non-hydrogen) atoms. The molecule has 5 nitrogen and oxygen atoms in total. The highest BCUT2D eigenvalue weighted by Gasteiger charge is 2.29. The predicted octanol–water partition coefficient (Wildman–Crippen LogP) is 4.09. The minimum Gasteiger partial charge on any atom is -0.337 e. The molecule has 0 saturated carbocycles. The maximum Gasteiger partial charge on any atom is 0.265 e. The molecule has 3 aromatic rings. The average molecular weight is 381 g/mol. The first-order valence-corrected chi connectivity index (χ1v) is 10.2. The van der Waals surface area contributed by atoms with Crippen molar-refractivity contribution < 1.29 is 4.79 Å². The molecule has 1 atom stereocenters.